The molecule has 154 valence electrons. The minimum absolute atomic E-state index is 0.00235. The minimum atomic E-state index is -0.00235. The van der Waals surface area contributed by atoms with E-state index in [1.807, 2.05) is 30.3 Å². The van der Waals surface area contributed by atoms with E-state index in [1.165, 1.54) is 5.69 Å². The van der Waals surface area contributed by atoms with Gasteiger partial charge in [0.2, 0.25) is 0 Å². The van der Waals surface area contributed by atoms with Crippen LogP contribution in [0.3, 0.4) is 0 Å². The molecule has 5 aromatic rings. The van der Waals surface area contributed by atoms with Crippen LogP contribution in [0.5, 0.6) is 5.75 Å². The van der Waals surface area contributed by atoms with Crippen LogP contribution in [0.4, 0.5) is 17.1 Å². The molecule has 1 atom stereocenters. The SMILES string of the molecule is Oc1cccc2ccc(-c3ccc(C4Nc5ccccc5N4c4ccccc4)cc3)nc12. The number of fused-ring (bicyclic) bond motifs is 2. The highest BCUT2D eigenvalue weighted by molar-refractivity contribution is 5.86. The molecule has 4 nitrogen and oxygen atoms in total. The molecule has 6 rings (SSSR count). The molecule has 2 N–H and O–H groups in total. The van der Waals surface area contributed by atoms with Crippen LogP contribution >= 0.6 is 0 Å². The lowest BCUT2D eigenvalue weighted by Crippen LogP contribution is -2.23. The van der Waals surface area contributed by atoms with Gasteiger partial charge < -0.3 is 15.3 Å². The second-order valence-corrected chi connectivity index (χ2v) is 7.94. The van der Waals surface area contributed by atoms with Crippen molar-refractivity contribution in [2.45, 2.75) is 6.17 Å². The Morgan fingerprint density at radius 2 is 1.50 bits per heavy atom. The van der Waals surface area contributed by atoms with Crippen LogP contribution in [0, 0.1) is 0 Å². The van der Waals surface area contributed by atoms with E-state index in [9.17, 15) is 5.11 Å². The predicted molar refractivity (Wildman–Crippen MR) is 130 cm³/mol. The van der Waals surface area contributed by atoms with Crippen LogP contribution in [-0.2, 0) is 0 Å². The van der Waals surface area contributed by atoms with Gasteiger partial charge in [0.25, 0.3) is 0 Å². The van der Waals surface area contributed by atoms with Crippen molar-refractivity contribution >= 4 is 28.0 Å². The summed E-state index contributed by atoms with van der Waals surface area (Å²) >= 11 is 0. The maximum atomic E-state index is 10.2. The minimum Gasteiger partial charge on any atom is -0.506 e. The zero-order valence-corrected chi connectivity index (χ0v) is 17.3. The summed E-state index contributed by atoms with van der Waals surface area (Å²) in [6.07, 6.45) is -0.00235. The first-order valence-electron chi connectivity index (χ1n) is 10.7. The van der Waals surface area contributed by atoms with Crippen molar-refractivity contribution in [1.82, 2.24) is 4.98 Å². The van der Waals surface area contributed by atoms with E-state index >= 15 is 0 Å². The molecule has 2 heterocycles. The van der Waals surface area contributed by atoms with E-state index in [-0.39, 0.29) is 11.9 Å². The van der Waals surface area contributed by atoms with Gasteiger partial charge in [-0.05, 0) is 42.0 Å². The van der Waals surface area contributed by atoms with Crippen LogP contribution in [0.25, 0.3) is 22.2 Å². The van der Waals surface area contributed by atoms with Gasteiger partial charge in [-0.1, -0.05) is 72.8 Å². The molecule has 0 saturated carbocycles. The summed E-state index contributed by atoms with van der Waals surface area (Å²) in [6, 6.07) is 36.8. The molecular weight excluding hydrogens is 394 g/mol. The Morgan fingerprint density at radius 1 is 0.719 bits per heavy atom. The Labute approximate surface area is 186 Å². The maximum Gasteiger partial charge on any atom is 0.141 e. The second kappa shape index (κ2) is 7.43. The number of hydrogen-bond donors (Lipinski definition) is 2. The molecule has 1 aromatic heterocycles. The van der Waals surface area contributed by atoms with Crippen molar-refractivity contribution in [3.63, 3.8) is 0 Å². The van der Waals surface area contributed by atoms with Crippen molar-refractivity contribution in [3.8, 4) is 17.0 Å². The highest BCUT2D eigenvalue weighted by Crippen LogP contribution is 2.45. The largest absolute Gasteiger partial charge is 0.506 e. The smallest absolute Gasteiger partial charge is 0.141 e. The number of para-hydroxylation sites is 4. The molecule has 0 amide bonds. The van der Waals surface area contributed by atoms with Crippen LogP contribution < -0.4 is 10.2 Å². The van der Waals surface area contributed by atoms with Crippen molar-refractivity contribution in [1.29, 1.82) is 0 Å². The normalized spacial score (nSPS) is 14.9. The molecule has 4 aromatic carbocycles. The lowest BCUT2D eigenvalue weighted by molar-refractivity contribution is 0.480. The van der Waals surface area contributed by atoms with Gasteiger partial charge in [0.1, 0.15) is 17.4 Å². The Morgan fingerprint density at radius 3 is 2.34 bits per heavy atom. The Balaban J connectivity index is 1.37. The number of anilines is 3. The standard InChI is InChI=1S/C28H21N3O/c32-26-12-6-7-20-17-18-23(29-27(20)26)19-13-15-21(16-14-19)28-30-24-10-4-5-11-25(24)31(28)22-8-2-1-3-9-22/h1-18,28,30,32H. The number of phenolic OH excluding ortho intramolecular Hbond substituents is 1. The second-order valence-electron chi connectivity index (χ2n) is 7.94. The first-order chi connectivity index (χ1) is 15.8. The average Bonchev–Trinajstić information content (AvgIpc) is 3.24. The van der Waals surface area contributed by atoms with E-state index in [0.29, 0.717) is 5.52 Å². The van der Waals surface area contributed by atoms with Crippen LogP contribution in [0.2, 0.25) is 0 Å². The van der Waals surface area contributed by atoms with E-state index in [0.717, 1.165) is 33.6 Å². The maximum absolute atomic E-state index is 10.2. The Bertz CT molecular complexity index is 1410. The number of rotatable bonds is 3. The number of phenols is 1. The zero-order valence-electron chi connectivity index (χ0n) is 17.3. The summed E-state index contributed by atoms with van der Waals surface area (Å²) in [4.78, 5) is 7.02. The summed E-state index contributed by atoms with van der Waals surface area (Å²) in [5, 5.41) is 14.8. The summed E-state index contributed by atoms with van der Waals surface area (Å²) in [5.41, 5.74) is 7.07. The topological polar surface area (TPSA) is 48.4 Å². The fraction of sp³-hybridized carbons (Fsp3) is 0.0357. The lowest BCUT2D eigenvalue weighted by Gasteiger charge is -2.27. The lowest BCUT2D eigenvalue weighted by atomic mass is 10.0. The Kier molecular flexibility index (Phi) is 4.29. The monoisotopic (exact) mass is 415 g/mol. The highest BCUT2D eigenvalue weighted by Gasteiger charge is 2.30. The molecule has 32 heavy (non-hydrogen) atoms. The van der Waals surface area contributed by atoms with Gasteiger partial charge in [-0.25, -0.2) is 4.98 Å². The van der Waals surface area contributed by atoms with Crippen LogP contribution in [-0.4, -0.2) is 10.1 Å². The van der Waals surface area contributed by atoms with Gasteiger partial charge in [0.05, 0.1) is 17.1 Å². The van der Waals surface area contributed by atoms with Gasteiger partial charge in [0.15, 0.2) is 0 Å². The number of pyridine rings is 1. The molecule has 0 fully saturated rings. The first kappa shape index (κ1) is 18.5. The number of hydrogen-bond acceptors (Lipinski definition) is 4. The quantitative estimate of drug-likeness (QED) is 0.338. The Hall–Kier alpha value is -4.31. The fourth-order valence-corrected chi connectivity index (χ4v) is 4.39. The third-order valence-corrected chi connectivity index (χ3v) is 5.97. The summed E-state index contributed by atoms with van der Waals surface area (Å²) in [5.74, 6) is 0.201. The number of nitrogens with zero attached hydrogens (tertiary/aromatic N) is 2. The summed E-state index contributed by atoms with van der Waals surface area (Å²) in [6.45, 7) is 0. The molecule has 1 unspecified atom stereocenters. The van der Waals surface area contributed by atoms with Gasteiger partial charge in [-0.15, -0.1) is 0 Å². The number of benzene rings is 4. The van der Waals surface area contributed by atoms with Crippen LogP contribution in [0.15, 0.2) is 109 Å². The zero-order chi connectivity index (χ0) is 21.5. The predicted octanol–water partition coefficient (Wildman–Crippen LogP) is 6.87. The first-order valence-corrected chi connectivity index (χ1v) is 10.7. The van der Waals surface area contributed by atoms with E-state index in [1.54, 1.807) is 6.07 Å². The number of aromatic nitrogens is 1. The average molecular weight is 415 g/mol. The van der Waals surface area contributed by atoms with E-state index < -0.39 is 0 Å². The fourth-order valence-electron chi connectivity index (χ4n) is 4.39. The van der Waals surface area contributed by atoms with Crippen molar-refractivity contribution in [2.24, 2.45) is 0 Å². The molecule has 0 spiro atoms. The van der Waals surface area contributed by atoms with Crippen molar-refractivity contribution in [3.05, 3.63) is 115 Å². The van der Waals surface area contributed by atoms with E-state index in [4.69, 9.17) is 4.98 Å². The van der Waals surface area contributed by atoms with Gasteiger partial charge in [-0.3, -0.25) is 0 Å². The van der Waals surface area contributed by atoms with Gasteiger partial charge >= 0.3 is 0 Å². The molecule has 0 radical (unpaired) electrons. The number of nitrogens with one attached hydrogen (secondary N) is 1. The van der Waals surface area contributed by atoms with E-state index in [2.05, 4.69) is 83.0 Å². The van der Waals surface area contributed by atoms with Crippen molar-refractivity contribution in [2.75, 3.05) is 10.2 Å². The third-order valence-electron chi connectivity index (χ3n) is 5.97. The molecule has 0 aliphatic carbocycles. The molecule has 0 bridgehead atoms. The molecule has 0 saturated heterocycles. The molecule has 4 heteroatoms. The summed E-state index contributed by atoms with van der Waals surface area (Å²) < 4.78 is 0. The van der Waals surface area contributed by atoms with Crippen molar-refractivity contribution < 1.29 is 5.11 Å². The molecule has 1 aliphatic heterocycles. The molecular formula is C28H21N3O. The summed E-state index contributed by atoms with van der Waals surface area (Å²) in [7, 11) is 0. The van der Waals surface area contributed by atoms with Gasteiger partial charge in [0, 0.05) is 16.6 Å². The molecule has 1 aliphatic rings. The van der Waals surface area contributed by atoms with Gasteiger partial charge in [-0.2, -0.15) is 0 Å². The van der Waals surface area contributed by atoms with Crippen LogP contribution in [0.1, 0.15) is 11.7 Å². The third kappa shape index (κ3) is 3.05. The highest BCUT2D eigenvalue weighted by atomic mass is 16.3. The number of aromatic hydroxyl groups is 1.